The van der Waals surface area contributed by atoms with Crippen LogP contribution in [0.5, 0.6) is 5.75 Å². The van der Waals surface area contributed by atoms with Crippen molar-refractivity contribution in [2.24, 2.45) is 0 Å². The molecule has 2 aromatic carbocycles. The van der Waals surface area contributed by atoms with E-state index in [1.54, 1.807) is 24.3 Å². The van der Waals surface area contributed by atoms with E-state index in [9.17, 15) is 13.2 Å². The Balaban J connectivity index is 2.13. The highest BCUT2D eigenvalue weighted by atomic mass is 32.2. The summed E-state index contributed by atoms with van der Waals surface area (Å²) in [4.78, 5) is 12.4. The van der Waals surface area contributed by atoms with Gasteiger partial charge in [0.05, 0.1) is 4.90 Å². The smallest absolute Gasteiger partial charge is 0.255 e. The molecule has 25 heavy (non-hydrogen) atoms. The van der Waals surface area contributed by atoms with Crippen molar-refractivity contribution in [3.05, 3.63) is 54.1 Å². The van der Waals surface area contributed by atoms with E-state index >= 15 is 0 Å². The van der Waals surface area contributed by atoms with Crippen molar-refractivity contribution in [2.45, 2.75) is 4.90 Å². The normalized spacial score (nSPS) is 11.0. The van der Waals surface area contributed by atoms with Crippen LogP contribution in [-0.4, -0.2) is 39.3 Å². The zero-order valence-corrected chi connectivity index (χ0v) is 14.6. The van der Waals surface area contributed by atoms with Gasteiger partial charge in [0.25, 0.3) is 5.91 Å². The van der Waals surface area contributed by atoms with Gasteiger partial charge in [-0.05, 0) is 36.4 Å². The molecule has 2 rings (SSSR count). The molecule has 0 aromatic heterocycles. The van der Waals surface area contributed by atoms with Gasteiger partial charge in [0.15, 0.2) is 6.61 Å². The van der Waals surface area contributed by atoms with Crippen LogP contribution in [0.25, 0.3) is 0 Å². The van der Waals surface area contributed by atoms with Gasteiger partial charge in [-0.3, -0.25) is 4.79 Å². The second-order valence-electron chi connectivity index (χ2n) is 5.24. The molecule has 130 valence electrons. The van der Waals surface area contributed by atoms with E-state index in [0.717, 1.165) is 4.31 Å². The van der Waals surface area contributed by atoms with Gasteiger partial charge in [-0.2, -0.15) is 5.26 Å². The summed E-state index contributed by atoms with van der Waals surface area (Å²) in [6.45, 7) is -0.0841. The van der Waals surface area contributed by atoms with Gasteiger partial charge >= 0.3 is 0 Å². The summed E-state index contributed by atoms with van der Waals surface area (Å²) < 4.78 is 30.3. The quantitative estimate of drug-likeness (QED) is 0.851. The van der Waals surface area contributed by atoms with Crippen LogP contribution in [0, 0.1) is 11.3 Å². The van der Waals surface area contributed by atoms with Crippen LogP contribution in [0.15, 0.2) is 53.4 Å². The number of anilines is 1. The number of nitrogens with zero attached hydrogens (tertiary/aromatic N) is 2. The Bertz CT molecular complexity index is 900. The Hall–Kier alpha value is -2.89. The number of rotatable bonds is 6. The molecule has 0 saturated heterocycles. The average molecular weight is 359 g/mol. The minimum Gasteiger partial charge on any atom is -0.479 e. The number of carbonyl (C=O) groups excluding carboxylic acids is 1. The molecule has 7 nitrogen and oxygen atoms in total. The number of carbonyl (C=O) groups is 1. The molecule has 0 aliphatic heterocycles. The fraction of sp³-hybridized carbons (Fsp3) is 0.176. The highest BCUT2D eigenvalue weighted by molar-refractivity contribution is 7.89. The van der Waals surface area contributed by atoms with Crippen molar-refractivity contribution >= 4 is 21.6 Å². The molecule has 0 unspecified atom stereocenters. The van der Waals surface area contributed by atoms with E-state index in [1.165, 1.54) is 38.4 Å². The fourth-order valence-electron chi connectivity index (χ4n) is 1.97. The molecular weight excluding hydrogens is 342 g/mol. The van der Waals surface area contributed by atoms with Gasteiger partial charge in [0.1, 0.15) is 11.8 Å². The summed E-state index contributed by atoms with van der Waals surface area (Å²) >= 11 is 0. The summed E-state index contributed by atoms with van der Waals surface area (Å²) in [6, 6.07) is 14.2. The molecule has 1 amide bonds. The van der Waals surface area contributed by atoms with Crippen LogP contribution in [-0.2, 0) is 10.0 Å². The van der Waals surface area contributed by atoms with Crippen molar-refractivity contribution in [2.75, 3.05) is 26.0 Å². The summed E-state index contributed by atoms with van der Waals surface area (Å²) in [5, 5.41) is 11.2. The molecule has 0 heterocycles. The lowest BCUT2D eigenvalue weighted by Gasteiger charge is -2.12. The third-order valence-electron chi connectivity index (χ3n) is 3.29. The zero-order chi connectivity index (χ0) is 18.4. The Morgan fingerprint density at radius 1 is 1.20 bits per heavy atom. The molecule has 0 aliphatic rings. The first kappa shape index (κ1) is 18.4. The summed E-state index contributed by atoms with van der Waals surface area (Å²) in [7, 11) is -0.650. The molecule has 1 N–H and O–H groups in total. The summed E-state index contributed by atoms with van der Waals surface area (Å²) in [6.07, 6.45) is 0. The lowest BCUT2D eigenvalue weighted by Crippen LogP contribution is -2.22. The zero-order valence-electron chi connectivity index (χ0n) is 13.8. The number of amides is 1. The second kappa shape index (κ2) is 7.79. The van der Waals surface area contributed by atoms with Crippen molar-refractivity contribution < 1.29 is 17.9 Å². The Kier molecular flexibility index (Phi) is 5.75. The van der Waals surface area contributed by atoms with Crippen LogP contribution in [0.2, 0.25) is 0 Å². The minimum atomic E-state index is -3.53. The maximum atomic E-state index is 12.3. The SMILES string of the molecule is CN(C)S(=O)(=O)c1ccc(C(=O)Nc2cccc(OCC#N)c2)cc1. The van der Waals surface area contributed by atoms with Crippen LogP contribution in [0.3, 0.4) is 0 Å². The third kappa shape index (κ3) is 4.56. The maximum Gasteiger partial charge on any atom is 0.255 e. The number of sulfonamides is 1. The highest BCUT2D eigenvalue weighted by Gasteiger charge is 2.17. The van der Waals surface area contributed by atoms with E-state index in [1.807, 2.05) is 6.07 Å². The molecule has 2 aromatic rings. The van der Waals surface area contributed by atoms with Crippen molar-refractivity contribution in [1.82, 2.24) is 4.31 Å². The summed E-state index contributed by atoms with van der Waals surface area (Å²) in [5.74, 6) is 0.0815. The monoisotopic (exact) mass is 359 g/mol. The standard InChI is InChI=1S/C17H17N3O4S/c1-20(2)25(22,23)16-8-6-13(7-9-16)17(21)19-14-4-3-5-15(12-14)24-11-10-18/h3-9,12H,11H2,1-2H3,(H,19,21). The topological polar surface area (TPSA) is 99.5 Å². The van der Waals surface area contributed by atoms with Gasteiger partial charge in [0.2, 0.25) is 10.0 Å². The second-order valence-corrected chi connectivity index (χ2v) is 7.39. The lowest BCUT2D eigenvalue weighted by atomic mass is 10.2. The minimum absolute atomic E-state index is 0.0841. The first-order valence-electron chi connectivity index (χ1n) is 7.28. The van der Waals surface area contributed by atoms with Crippen molar-refractivity contribution in [3.8, 4) is 11.8 Å². The first-order valence-corrected chi connectivity index (χ1v) is 8.72. The maximum absolute atomic E-state index is 12.3. The van der Waals surface area contributed by atoms with E-state index in [4.69, 9.17) is 10.00 Å². The third-order valence-corrected chi connectivity index (χ3v) is 5.12. The Morgan fingerprint density at radius 2 is 1.88 bits per heavy atom. The van der Waals surface area contributed by atoms with Gasteiger partial charge in [-0.25, -0.2) is 12.7 Å². The molecule has 0 spiro atoms. The van der Waals surface area contributed by atoms with Gasteiger partial charge < -0.3 is 10.1 Å². The number of nitriles is 1. The molecular formula is C17H17N3O4S. The summed E-state index contributed by atoms with van der Waals surface area (Å²) in [5.41, 5.74) is 0.825. The average Bonchev–Trinajstić information content (AvgIpc) is 2.60. The van der Waals surface area contributed by atoms with Crippen LogP contribution in [0.4, 0.5) is 5.69 Å². The predicted molar refractivity (Wildman–Crippen MR) is 92.8 cm³/mol. The van der Waals surface area contributed by atoms with Crippen LogP contribution in [0.1, 0.15) is 10.4 Å². The molecule has 0 aliphatic carbocycles. The molecule has 8 heteroatoms. The molecule has 0 radical (unpaired) electrons. The fourth-order valence-corrected chi connectivity index (χ4v) is 2.87. The predicted octanol–water partition coefficient (Wildman–Crippen LogP) is 2.09. The number of benzene rings is 2. The number of hydrogen-bond donors (Lipinski definition) is 1. The van der Waals surface area contributed by atoms with Gasteiger partial charge in [-0.1, -0.05) is 6.07 Å². The Morgan fingerprint density at radius 3 is 2.48 bits per heavy atom. The van der Waals surface area contributed by atoms with Crippen LogP contribution < -0.4 is 10.1 Å². The van der Waals surface area contributed by atoms with Crippen molar-refractivity contribution in [3.63, 3.8) is 0 Å². The van der Waals surface area contributed by atoms with E-state index in [0.29, 0.717) is 17.0 Å². The molecule has 0 atom stereocenters. The first-order chi connectivity index (χ1) is 11.8. The van der Waals surface area contributed by atoms with Gasteiger partial charge in [0, 0.05) is 31.4 Å². The van der Waals surface area contributed by atoms with E-state index in [-0.39, 0.29) is 17.4 Å². The van der Waals surface area contributed by atoms with Crippen LogP contribution >= 0.6 is 0 Å². The van der Waals surface area contributed by atoms with Crippen molar-refractivity contribution in [1.29, 1.82) is 5.26 Å². The largest absolute Gasteiger partial charge is 0.479 e. The Labute approximate surface area is 146 Å². The number of ether oxygens (including phenoxy) is 1. The number of nitrogens with one attached hydrogen (secondary N) is 1. The molecule has 0 saturated carbocycles. The molecule has 0 bridgehead atoms. The number of hydrogen-bond acceptors (Lipinski definition) is 5. The lowest BCUT2D eigenvalue weighted by molar-refractivity contribution is 0.102. The highest BCUT2D eigenvalue weighted by Crippen LogP contribution is 2.19. The van der Waals surface area contributed by atoms with Gasteiger partial charge in [-0.15, -0.1) is 0 Å². The van der Waals surface area contributed by atoms with E-state index < -0.39 is 10.0 Å². The molecule has 0 fully saturated rings. The van der Waals surface area contributed by atoms with E-state index in [2.05, 4.69) is 5.32 Å².